The van der Waals surface area contributed by atoms with Crippen molar-refractivity contribution in [1.29, 1.82) is 0 Å². The van der Waals surface area contributed by atoms with Gasteiger partial charge < -0.3 is 14.5 Å². The van der Waals surface area contributed by atoms with E-state index in [1.165, 1.54) is 50.3 Å². The Labute approximate surface area is 235 Å². The van der Waals surface area contributed by atoms with E-state index in [4.69, 9.17) is 4.74 Å². The van der Waals surface area contributed by atoms with Crippen LogP contribution < -0.4 is 0 Å². The van der Waals surface area contributed by atoms with Crippen LogP contribution in [0.25, 0.3) is 10.8 Å². The van der Waals surface area contributed by atoms with Gasteiger partial charge in [0, 0.05) is 44.8 Å². The van der Waals surface area contributed by atoms with Crippen molar-refractivity contribution < 1.29 is 14.3 Å². The van der Waals surface area contributed by atoms with E-state index < -0.39 is 0 Å². The van der Waals surface area contributed by atoms with Gasteiger partial charge in [-0.25, -0.2) is 0 Å². The summed E-state index contributed by atoms with van der Waals surface area (Å²) in [4.78, 5) is 29.3. The van der Waals surface area contributed by atoms with Crippen molar-refractivity contribution in [2.45, 2.75) is 102 Å². The maximum atomic E-state index is 12.6. The number of rotatable bonds is 5. The van der Waals surface area contributed by atoms with Gasteiger partial charge in [-0.15, -0.1) is 0 Å². The van der Waals surface area contributed by atoms with E-state index in [1.54, 1.807) is 7.11 Å². The summed E-state index contributed by atoms with van der Waals surface area (Å²) in [6, 6.07) is 15.1. The number of hydrogen-bond acceptors (Lipinski definition) is 3. The minimum Gasteiger partial charge on any atom is -0.381 e. The Balaban J connectivity index is 0.000000158. The van der Waals surface area contributed by atoms with E-state index in [9.17, 15) is 9.59 Å². The van der Waals surface area contributed by atoms with Gasteiger partial charge in [0.25, 0.3) is 5.91 Å². The predicted molar refractivity (Wildman–Crippen MR) is 158 cm³/mol. The third-order valence-corrected chi connectivity index (χ3v) is 10.3. The Morgan fingerprint density at radius 2 is 1.49 bits per heavy atom. The van der Waals surface area contributed by atoms with Crippen LogP contribution in [0.3, 0.4) is 0 Å². The highest BCUT2D eigenvalue weighted by Gasteiger charge is 2.43. The number of fused-ring (bicyclic) bond motifs is 3. The summed E-state index contributed by atoms with van der Waals surface area (Å²) < 4.78 is 5.39. The Hall–Kier alpha value is -2.40. The van der Waals surface area contributed by atoms with Crippen LogP contribution in [0.15, 0.2) is 42.5 Å². The first-order chi connectivity index (χ1) is 18.9. The third-order valence-electron chi connectivity index (χ3n) is 10.3. The van der Waals surface area contributed by atoms with Crippen molar-refractivity contribution in [2.75, 3.05) is 21.2 Å². The number of nitrogens with zero attached hydrogens (tertiary/aromatic N) is 2. The van der Waals surface area contributed by atoms with Gasteiger partial charge in [0.15, 0.2) is 0 Å². The summed E-state index contributed by atoms with van der Waals surface area (Å²) in [6.07, 6.45) is 16.0. The van der Waals surface area contributed by atoms with Crippen molar-refractivity contribution in [3.63, 3.8) is 0 Å². The maximum absolute atomic E-state index is 12.6. The summed E-state index contributed by atoms with van der Waals surface area (Å²) in [6.45, 7) is 0. The largest absolute Gasteiger partial charge is 0.381 e. The average molecular weight is 533 g/mol. The molecule has 0 aromatic heterocycles. The van der Waals surface area contributed by atoms with E-state index in [1.807, 2.05) is 42.3 Å². The molecule has 5 heteroatoms. The number of methoxy groups -OCH3 is 1. The fourth-order valence-corrected chi connectivity index (χ4v) is 7.84. The SMILES string of the molecule is CN(C(=O)c1ccc2ccccc2c1)C1CCCCC1.COC1CCC(C(=O)N(C)C2CC3CCC2C3)CC1. The molecule has 212 valence electrons. The van der Waals surface area contributed by atoms with E-state index in [0.29, 0.717) is 24.1 Å². The minimum absolute atomic E-state index is 0.155. The van der Waals surface area contributed by atoms with Crippen LogP contribution in [-0.4, -0.2) is 61.0 Å². The first-order valence-electron chi connectivity index (χ1n) is 15.5. The Kier molecular flexibility index (Phi) is 9.27. The number of carbonyl (C=O) groups excluding carboxylic acids is 2. The zero-order valence-electron chi connectivity index (χ0n) is 24.3. The molecule has 0 N–H and O–H groups in total. The molecule has 4 aliphatic rings. The third kappa shape index (κ3) is 6.51. The van der Waals surface area contributed by atoms with Crippen molar-refractivity contribution in [2.24, 2.45) is 17.8 Å². The summed E-state index contributed by atoms with van der Waals surface area (Å²) >= 11 is 0. The van der Waals surface area contributed by atoms with Crippen LogP contribution in [0.4, 0.5) is 0 Å². The van der Waals surface area contributed by atoms with E-state index in [-0.39, 0.29) is 11.8 Å². The molecule has 0 radical (unpaired) electrons. The lowest BCUT2D eigenvalue weighted by molar-refractivity contribution is -0.139. The predicted octanol–water partition coefficient (Wildman–Crippen LogP) is 7.08. The van der Waals surface area contributed by atoms with E-state index in [2.05, 4.69) is 24.1 Å². The van der Waals surface area contributed by atoms with Crippen LogP contribution in [0.5, 0.6) is 0 Å². The second-order valence-electron chi connectivity index (χ2n) is 12.7. The van der Waals surface area contributed by atoms with Gasteiger partial charge in [-0.1, -0.05) is 56.0 Å². The molecule has 3 unspecified atom stereocenters. The maximum Gasteiger partial charge on any atom is 0.253 e. The van der Waals surface area contributed by atoms with Gasteiger partial charge in [0.05, 0.1) is 6.10 Å². The molecule has 0 saturated heterocycles. The summed E-state index contributed by atoms with van der Waals surface area (Å²) in [5.74, 6) is 2.54. The molecule has 0 heterocycles. The molecule has 0 aliphatic heterocycles. The lowest BCUT2D eigenvalue weighted by atomic mass is 9.85. The highest BCUT2D eigenvalue weighted by molar-refractivity contribution is 5.98. The van der Waals surface area contributed by atoms with Gasteiger partial charge in [-0.3, -0.25) is 9.59 Å². The number of ether oxygens (including phenoxy) is 1. The van der Waals surface area contributed by atoms with Crippen LogP contribution >= 0.6 is 0 Å². The molecular formula is C34H48N2O3. The molecule has 2 aromatic rings. The first kappa shape index (κ1) is 28.1. The minimum atomic E-state index is 0.155. The number of benzene rings is 2. The highest BCUT2D eigenvalue weighted by atomic mass is 16.5. The molecule has 39 heavy (non-hydrogen) atoms. The van der Waals surface area contributed by atoms with E-state index in [0.717, 1.165) is 61.3 Å². The Morgan fingerprint density at radius 1 is 0.769 bits per heavy atom. The highest BCUT2D eigenvalue weighted by Crippen LogP contribution is 2.46. The Bertz CT molecular complexity index is 1120. The molecule has 6 rings (SSSR count). The molecule has 4 saturated carbocycles. The normalized spacial score (nSPS) is 28.5. The molecule has 0 spiro atoms. The smallest absolute Gasteiger partial charge is 0.253 e. The molecule has 2 amide bonds. The van der Waals surface area contributed by atoms with Crippen molar-refractivity contribution in [3.8, 4) is 0 Å². The van der Waals surface area contributed by atoms with Crippen LogP contribution in [0.1, 0.15) is 93.8 Å². The van der Waals surface area contributed by atoms with Gasteiger partial charge in [-0.05, 0) is 92.5 Å². The Morgan fingerprint density at radius 3 is 2.13 bits per heavy atom. The summed E-state index contributed by atoms with van der Waals surface area (Å²) in [5.41, 5.74) is 0.803. The lowest BCUT2D eigenvalue weighted by Gasteiger charge is -2.36. The average Bonchev–Trinajstić information content (AvgIpc) is 3.64. The van der Waals surface area contributed by atoms with Gasteiger partial charge in [0.1, 0.15) is 0 Å². The molecule has 2 aromatic carbocycles. The number of carbonyl (C=O) groups is 2. The molecule has 3 atom stereocenters. The quantitative estimate of drug-likeness (QED) is 0.413. The first-order valence-corrected chi connectivity index (χ1v) is 15.5. The van der Waals surface area contributed by atoms with Crippen molar-refractivity contribution >= 4 is 22.6 Å². The summed E-state index contributed by atoms with van der Waals surface area (Å²) in [5, 5.41) is 2.32. The van der Waals surface area contributed by atoms with Crippen molar-refractivity contribution in [3.05, 3.63) is 48.0 Å². The zero-order valence-corrected chi connectivity index (χ0v) is 24.3. The monoisotopic (exact) mass is 532 g/mol. The standard InChI is InChI=1S/C18H21NO.C16H27NO2/c1-19(17-9-3-2-4-10-17)18(20)16-12-11-14-7-5-6-8-15(14)13-16;1-17(15-10-11-3-4-13(15)9-11)16(18)12-5-7-14(19-2)8-6-12/h5-8,11-13,17H,2-4,9-10H2,1H3;11-15H,3-10H2,1-2H3. The molecule has 4 aliphatic carbocycles. The van der Waals surface area contributed by atoms with Crippen LogP contribution in [0, 0.1) is 17.8 Å². The molecular weight excluding hydrogens is 484 g/mol. The second-order valence-corrected chi connectivity index (χ2v) is 12.7. The number of hydrogen-bond donors (Lipinski definition) is 0. The van der Waals surface area contributed by atoms with Gasteiger partial charge in [-0.2, -0.15) is 0 Å². The molecule has 2 bridgehead atoms. The van der Waals surface area contributed by atoms with Crippen LogP contribution in [0.2, 0.25) is 0 Å². The zero-order chi connectivity index (χ0) is 27.4. The molecule has 5 nitrogen and oxygen atoms in total. The topological polar surface area (TPSA) is 49.9 Å². The summed E-state index contributed by atoms with van der Waals surface area (Å²) in [7, 11) is 5.79. The van der Waals surface area contributed by atoms with Gasteiger partial charge >= 0.3 is 0 Å². The second kappa shape index (κ2) is 12.8. The molecule has 4 fully saturated rings. The van der Waals surface area contributed by atoms with Crippen LogP contribution in [-0.2, 0) is 9.53 Å². The fraction of sp³-hybridized carbons (Fsp3) is 0.647. The fourth-order valence-electron chi connectivity index (χ4n) is 7.84. The van der Waals surface area contributed by atoms with Crippen molar-refractivity contribution in [1.82, 2.24) is 9.80 Å². The number of amides is 2. The van der Waals surface area contributed by atoms with E-state index >= 15 is 0 Å². The lowest BCUT2D eigenvalue weighted by Crippen LogP contribution is -2.44. The van der Waals surface area contributed by atoms with Gasteiger partial charge in [0.2, 0.25) is 5.91 Å².